The standard InChI is InChI=1S/C25H24FN7OS/c1-32-6-5-18(26)22(12-32)34-21-8-15(16-10-30-33(2)11-16)7-20-24(21)25(28-13-27-20)31-17-3-4-19-23(9-17)35-14-29-19/h3-4,7-11,13-14,18,22H,5-6,12H2,1-2H3,(H,27,28,31)/t18-,22+/m1/s1. The van der Waals surface area contributed by atoms with Crippen LogP contribution in [0.4, 0.5) is 15.9 Å². The van der Waals surface area contributed by atoms with Gasteiger partial charge >= 0.3 is 0 Å². The summed E-state index contributed by atoms with van der Waals surface area (Å²) in [5.41, 5.74) is 6.20. The van der Waals surface area contributed by atoms with Crippen molar-refractivity contribution in [2.45, 2.75) is 18.7 Å². The first kappa shape index (κ1) is 21.9. The fraction of sp³-hybridized carbons (Fsp3) is 0.280. The van der Waals surface area contributed by atoms with E-state index in [1.165, 1.54) is 6.33 Å². The Morgan fingerprint density at radius 3 is 2.86 bits per heavy atom. The number of piperidine rings is 1. The molecule has 0 saturated carbocycles. The second-order valence-corrected chi connectivity index (χ2v) is 9.76. The monoisotopic (exact) mass is 489 g/mol. The minimum Gasteiger partial charge on any atom is -0.485 e. The van der Waals surface area contributed by atoms with Crippen LogP contribution in [0.3, 0.4) is 0 Å². The Morgan fingerprint density at radius 1 is 1.09 bits per heavy atom. The maximum Gasteiger partial charge on any atom is 0.145 e. The maximum atomic E-state index is 14.9. The van der Waals surface area contributed by atoms with Gasteiger partial charge in [0.1, 0.15) is 30.2 Å². The van der Waals surface area contributed by atoms with Gasteiger partial charge in [-0.25, -0.2) is 19.3 Å². The first-order chi connectivity index (χ1) is 17.0. The molecule has 0 aliphatic carbocycles. The van der Waals surface area contributed by atoms with Crippen molar-refractivity contribution in [3.8, 4) is 16.9 Å². The summed E-state index contributed by atoms with van der Waals surface area (Å²) in [5, 5.41) is 8.42. The summed E-state index contributed by atoms with van der Waals surface area (Å²) in [7, 11) is 3.86. The molecule has 35 heavy (non-hydrogen) atoms. The zero-order chi connectivity index (χ0) is 23.9. The van der Waals surface area contributed by atoms with Gasteiger partial charge in [-0.2, -0.15) is 5.10 Å². The van der Waals surface area contributed by atoms with Crippen LogP contribution >= 0.6 is 11.3 Å². The van der Waals surface area contributed by atoms with Gasteiger partial charge in [-0.3, -0.25) is 4.68 Å². The highest BCUT2D eigenvalue weighted by molar-refractivity contribution is 7.16. The highest BCUT2D eigenvalue weighted by Gasteiger charge is 2.30. The molecule has 0 spiro atoms. The lowest BCUT2D eigenvalue weighted by Crippen LogP contribution is -2.46. The number of likely N-dealkylation sites (N-methyl/N-ethyl adjacent to an activating group) is 1. The van der Waals surface area contributed by atoms with Gasteiger partial charge in [-0.1, -0.05) is 0 Å². The van der Waals surface area contributed by atoms with E-state index in [9.17, 15) is 4.39 Å². The quantitative estimate of drug-likeness (QED) is 0.380. The number of aryl methyl sites for hydroxylation is 1. The van der Waals surface area contributed by atoms with E-state index < -0.39 is 12.3 Å². The van der Waals surface area contributed by atoms with Crippen LogP contribution in [0.2, 0.25) is 0 Å². The SMILES string of the molecule is CN1CC[C@@H](F)[C@@H](Oc2cc(-c3cnn(C)c3)cc3ncnc(Nc4ccc5ncsc5c4)c23)C1. The minimum atomic E-state index is -1.04. The van der Waals surface area contributed by atoms with E-state index in [-0.39, 0.29) is 0 Å². The van der Waals surface area contributed by atoms with Crippen LogP contribution in [0.15, 0.2) is 54.6 Å². The van der Waals surface area contributed by atoms with E-state index in [2.05, 4.69) is 30.3 Å². The third-order valence-corrected chi connectivity index (χ3v) is 7.09. The van der Waals surface area contributed by atoms with Crippen molar-refractivity contribution in [1.82, 2.24) is 29.6 Å². The molecule has 178 valence electrons. The molecule has 0 radical (unpaired) electrons. The summed E-state index contributed by atoms with van der Waals surface area (Å²) in [4.78, 5) is 15.5. The number of halogens is 1. The first-order valence-electron chi connectivity index (χ1n) is 11.4. The predicted molar refractivity (Wildman–Crippen MR) is 136 cm³/mol. The topological polar surface area (TPSA) is 81.0 Å². The molecule has 5 aromatic rings. The highest BCUT2D eigenvalue weighted by atomic mass is 32.1. The van der Waals surface area contributed by atoms with Gasteiger partial charge in [-0.15, -0.1) is 11.3 Å². The number of thiazole rings is 1. The average molecular weight is 490 g/mol. The molecule has 10 heteroatoms. The van der Waals surface area contributed by atoms with Crippen LogP contribution in [-0.2, 0) is 7.05 Å². The fourth-order valence-corrected chi connectivity index (χ4v) is 5.18. The van der Waals surface area contributed by atoms with E-state index >= 15 is 0 Å². The lowest BCUT2D eigenvalue weighted by molar-refractivity contribution is 0.0305. The Hall–Kier alpha value is -3.63. The van der Waals surface area contributed by atoms with Gasteiger partial charge in [-0.05, 0) is 49.4 Å². The maximum absolute atomic E-state index is 14.9. The summed E-state index contributed by atoms with van der Waals surface area (Å²) in [6.45, 7) is 1.23. The van der Waals surface area contributed by atoms with Crippen molar-refractivity contribution in [3.05, 3.63) is 54.6 Å². The lowest BCUT2D eigenvalue weighted by atomic mass is 10.0. The van der Waals surface area contributed by atoms with Crippen molar-refractivity contribution in [2.24, 2.45) is 7.05 Å². The molecule has 8 nitrogen and oxygen atoms in total. The lowest BCUT2D eigenvalue weighted by Gasteiger charge is -2.33. The molecule has 1 aliphatic heterocycles. The van der Waals surface area contributed by atoms with Gasteiger partial charge in [0.2, 0.25) is 0 Å². The molecular weight excluding hydrogens is 465 g/mol. The minimum absolute atomic E-state index is 0.442. The number of alkyl halides is 1. The highest BCUT2D eigenvalue weighted by Crippen LogP contribution is 2.38. The number of fused-ring (bicyclic) bond motifs is 2. The zero-order valence-corrected chi connectivity index (χ0v) is 20.2. The number of ether oxygens (including phenoxy) is 1. The summed E-state index contributed by atoms with van der Waals surface area (Å²) >= 11 is 1.58. The average Bonchev–Trinajstić information content (AvgIpc) is 3.50. The summed E-state index contributed by atoms with van der Waals surface area (Å²) in [5.74, 6) is 1.15. The van der Waals surface area contributed by atoms with Crippen LogP contribution in [-0.4, -0.2) is 62.0 Å². The van der Waals surface area contributed by atoms with Crippen LogP contribution in [0.25, 0.3) is 32.2 Å². The number of nitrogens with one attached hydrogen (secondary N) is 1. The normalized spacial score (nSPS) is 18.8. The number of likely N-dealkylation sites (tertiary alicyclic amines) is 1. The Kier molecular flexibility index (Phi) is 5.54. The third-order valence-electron chi connectivity index (χ3n) is 6.29. The summed E-state index contributed by atoms with van der Waals surface area (Å²) in [6, 6.07) is 9.90. The largest absolute Gasteiger partial charge is 0.485 e. The third kappa shape index (κ3) is 4.30. The molecule has 2 atom stereocenters. The number of anilines is 2. The van der Waals surface area contributed by atoms with Crippen LogP contribution in [0.5, 0.6) is 5.75 Å². The van der Waals surface area contributed by atoms with Gasteiger partial charge in [0, 0.05) is 37.6 Å². The van der Waals surface area contributed by atoms with E-state index in [1.807, 2.05) is 56.1 Å². The van der Waals surface area contributed by atoms with Gasteiger partial charge < -0.3 is 15.0 Å². The van der Waals surface area contributed by atoms with Gasteiger partial charge in [0.15, 0.2) is 0 Å². The molecular formula is C25H24FN7OS. The van der Waals surface area contributed by atoms with Crippen LogP contribution < -0.4 is 10.1 Å². The van der Waals surface area contributed by atoms with Crippen LogP contribution in [0, 0.1) is 0 Å². The molecule has 0 bridgehead atoms. The molecule has 1 aliphatic rings. The number of aromatic nitrogens is 5. The summed E-state index contributed by atoms with van der Waals surface area (Å²) in [6.07, 6.45) is 4.07. The predicted octanol–water partition coefficient (Wildman–Crippen LogP) is 4.80. The van der Waals surface area contributed by atoms with Crippen molar-refractivity contribution in [2.75, 3.05) is 25.5 Å². The molecule has 1 saturated heterocycles. The van der Waals surface area contributed by atoms with Gasteiger partial charge in [0.25, 0.3) is 0 Å². The van der Waals surface area contributed by atoms with E-state index in [0.717, 1.165) is 27.0 Å². The molecule has 0 unspecified atom stereocenters. The Bertz CT molecular complexity index is 1520. The number of hydrogen-bond donors (Lipinski definition) is 1. The first-order valence-corrected chi connectivity index (χ1v) is 12.3. The van der Waals surface area contributed by atoms with E-state index in [0.29, 0.717) is 42.0 Å². The van der Waals surface area contributed by atoms with Crippen LogP contribution in [0.1, 0.15) is 6.42 Å². The van der Waals surface area contributed by atoms with Gasteiger partial charge in [0.05, 0.1) is 32.8 Å². The van der Waals surface area contributed by atoms with E-state index in [1.54, 1.807) is 22.2 Å². The van der Waals surface area contributed by atoms with Crippen molar-refractivity contribution < 1.29 is 9.13 Å². The molecule has 0 amide bonds. The second kappa shape index (κ2) is 8.86. The Labute approximate surface area is 205 Å². The zero-order valence-electron chi connectivity index (χ0n) is 19.3. The molecule has 1 N–H and O–H groups in total. The Morgan fingerprint density at radius 2 is 2.00 bits per heavy atom. The van der Waals surface area contributed by atoms with Crippen molar-refractivity contribution in [3.63, 3.8) is 0 Å². The van der Waals surface area contributed by atoms with Crippen molar-refractivity contribution in [1.29, 1.82) is 0 Å². The van der Waals surface area contributed by atoms with Crippen molar-refractivity contribution >= 4 is 44.0 Å². The molecule has 4 heterocycles. The smallest absolute Gasteiger partial charge is 0.145 e. The number of benzene rings is 2. The Balaban J connectivity index is 1.46. The number of nitrogens with zero attached hydrogens (tertiary/aromatic N) is 6. The molecule has 1 fully saturated rings. The molecule has 3 aromatic heterocycles. The second-order valence-electron chi connectivity index (χ2n) is 8.88. The molecule has 6 rings (SSSR count). The fourth-order valence-electron chi connectivity index (χ4n) is 4.46. The molecule has 2 aromatic carbocycles. The van der Waals surface area contributed by atoms with E-state index in [4.69, 9.17) is 4.74 Å². The summed E-state index contributed by atoms with van der Waals surface area (Å²) < 4.78 is 24.1. The number of hydrogen-bond acceptors (Lipinski definition) is 8. The number of rotatable bonds is 5.